The predicted molar refractivity (Wildman–Crippen MR) is 46.8 cm³/mol. The van der Waals surface area contributed by atoms with E-state index in [2.05, 4.69) is 0 Å². The molecule has 80 valence electrons. The molecule has 0 aromatic heterocycles. The fourth-order valence-electron chi connectivity index (χ4n) is 1.42. The number of alkyl halides is 3. The molecule has 0 saturated carbocycles. The van der Waals surface area contributed by atoms with Crippen molar-refractivity contribution in [2.75, 3.05) is 0 Å². The van der Waals surface area contributed by atoms with Crippen LogP contribution >= 0.6 is 0 Å². The van der Waals surface area contributed by atoms with Crippen molar-refractivity contribution >= 4 is 0 Å². The van der Waals surface area contributed by atoms with Gasteiger partial charge < -0.3 is 5.11 Å². The second-order valence-electron chi connectivity index (χ2n) is 3.10. The molecule has 0 atom stereocenters. The molecule has 0 aliphatic carbocycles. The molecule has 0 radical (unpaired) electrons. The van der Waals surface area contributed by atoms with Gasteiger partial charge >= 0.3 is 6.18 Å². The van der Waals surface area contributed by atoms with Crippen LogP contribution in [-0.2, 0) is 12.8 Å². The van der Waals surface area contributed by atoms with Crippen molar-refractivity contribution in [2.24, 2.45) is 0 Å². The zero-order valence-electron chi connectivity index (χ0n) is 7.89. The van der Waals surface area contributed by atoms with E-state index < -0.39 is 17.3 Å². The normalized spacial score (nSPS) is 11.2. The predicted octanol–water partition coefficient (Wildman–Crippen LogP) is 2.38. The second-order valence-corrected chi connectivity index (χ2v) is 3.10. The smallest absolute Gasteiger partial charge is 0.392 e. The average molecular weight is 215 g/mol. The van der Waals surface area contributed by atoms with Gasteiger partial charge in [0.2, 0.25) is 0 Å². The van der Waals surface area contributed by atoms with Gasteiger partial charge in [-0.05, 0) is 24.1 Å². The van der Waals surface area contributed by atoms with Crippen molar-refractivity contribution in [2.45, 2.75) is 19.7 Å². The quantitative estimate of drug-likeness (QED) is 0.781. The van der Waals surface area contributed by atoms with Crippen molar-refractivity contribution in [3.63, 3.8) is 0 Å². The molecule has 0 bridgehead atoms. The van der Waals surface area contributed by atoms with Crippen molar-refractivity contribution in [3.05, 3.63) is 34.4 Å². The summed E-state index contributed by atoms with van der Waals surface area (Å²) in [6, 6.07) is 3.76. The summed E-state index contributed by atoms with van der Waals surface area (Å²) < 4.78 is 37.6. The van der Waals surface area contributed by atoms with E-state index in [9.17, 15) is 13.2 Å². The maximum atomic E-state index is 12.5. The topological polar surface area (TPSA) is 44.0 Å². The fourth-order valence-corrected chi connectivity index (χ4v) is 1.42. The molecule has 0 spiro atoms. The van der Waals surface area contributed by atoms with Gasteiger partial charge in [-0.1, -0.05) is 6.07 Å². The van der Waals surface area contributed by atoms with Crippen LogP contribution in [0.2, 0.25) is 0 Å². The van der Waals surface area contributed by atoms with E-state index in [1.807, 2.05) is 0 Å². The number of halogens is 3. The number of rotatable bonds is 1. The van der Waals surface area contributed by atoms with Crippen molar-refractivity contribution < 1.29 is 18.3 Å². The molecule has 0 amide bonds. The van der Waals surface area contributed by atoms with Crippen LogP contribution in [0.3, 0.4) is 0 Å². The molecule has 0 fully saturated rings. The highest BCUT2D eigenvalue weighted by Crippen LogP contribution is 2.34. The molecule has 0 heterocycles. The second kappa shape index (κ2) is 3.91. The number of aryl methyl sites for hydroxylation is 1. The third kappa shape index (κ3) is 2.28. The highest BCUT2D eigenvalue weighted by atomic mass is 19.4. The Morgan fingerprint density at radius 3 is 2.40 bits per heavy atom. The molecule has 2 nitrogen and oxygen atoms in total. The Morgan fingerprint density at radius 2 is 2.00 bits per heavy atom. The third-order valence-corrected chi connectivity index (χ3v) is 1.98. The first-order valence-electron chi connectivity index (χ1n) is 4.12. The Bertz CT molecular complexity index is 418. The summed E-state index contributed by atoms with van der Waals surface area (Å²) in [5, 5.41) is 17.4. The van der Waals surface area contributed by atoms with Crippen LogP contribution in [0.5, 0.6) is 0 Å². The third-order valence-electron chi connectivity index (χ3n) is 1.98. The minimum absolute atomic E-state index is 0.0504. The lowest BCUT2D eigenvalue weighted by molar-refractivity contribution is -0.138. The summed E-state index contributed by atoms with van der Waals surface area (Å²) in [5.41, 5.74) is -1.13. The summed E-state index contributed by atoms with van der Waals surface area (Å²) in [7, 11) is 0. The molecule has 15 heavy (non-hydrogen) atoms. The minimum Gasteiger partial charge on any atom is -0.392 e. The largest absolute Gasteiger partial charge is 0.417 e. The van der Waals surface area contributed by atoms with Gasteiger partial charge in [0.1, 0.15) is 0 Å². The van der Waals surface area contributed by atoms with Crippen LogP contribution in [0.1, 0.15) is 22.3 Å². The van der Waals surface area contributed by atoms with Crippen LogP contribution in [0.4, 0.5) is 13.2 Å². The molecule has 1 aromatic carbocycles. The lowest BCUT2D eigenvalue weighted by atomic mass is 9.99. The number of benzene rings is 1. The Hall–Kier alpha value is -1.54. The van der Waals surface area contributed by atoms with E-state index in [1.54, 1.807) is 0 Å². The van der Waals surface area contributed by atoms with Crippen LogP contribution in [0.25, 0.3) is 0 Å². The first-order chi connectivity index (χ1) is 6.90. The summed E-state index contributed by atoms with van der Waals surface area (Å²) in [5.74, 6) is 0. The van der Waals surface area contributed by atoms with E-state index >= 15 is 0 Å². The molecule has 0 aliphatic heterocycles. The highest BCUT2D eigenvalue weighted by Gasteiger charge is 2.35. The van der Waals surface area contributed by atoms with E-state index in [-0.39, 0.29) is 12.2 Å². The zero-order chi connectivity index (χ0) is 11.6. The van der Waals surface area contributed by atoms with Gasteiger partial charge in [-0.25, -0.2) is 0 Å². The molecule has 1 N–H and O–H groups in total. The van der Waals surface area contributed by atoms with Gasteiger partial charge in [-0.3, -0.25) is 0 Å². The summed E-state index contributed by atoms with van der Waals surface area (Å²) in [6.07, 6.45) is -4.54. The lowest BCUT2D eigenvalue weighted by Gasteiger charge is -2.13. The van der Waals surface area contributed by atoms with Gasteiger partial charge in [0.05, 0.1) is 23.8 Å². The number of aliphatic hydroxyl groups excluding tert-OH is 1. The maximum Gasteiger partial charge on any atom is 0.417 e. The van der Waals surface area contributed by atoms with E-state index in [1.165, 1.54) is 19.1 Å². The average Bonchev–Trinajstić information content (AvgIpc) is 2.14. The van der Waals surface area contributed by atoms with Gasteiger partial charge in [-0.15, -0.1) is 0 Å². The van der Waals surface area contributed by atoms with Crippen LogP contribution < -0.4 is 0 Å². The molecule has 5 heteroatoms. The van der Waals surface area contributed by atoms with Crippen LogP contribution in [0.15, 0.2) is 12.1 Å². The van der Waals surface area contributed by atoms with Crippen LogP contribution in [-0.4, -0.2) is 5.11 Å². The summed E-state index contributed by atoms with van der Waals surface area (Å²) >= 11 is 0. The molecular formula is C10H8F3NO. The number of hydrogen-bond acceptors (Lipinski definition) is 2. The minimum atomic E-state index is -4.54. The first kappa shape index (κ1) is 11.5. The zero-order valence-corrected chi connectivity index (χ0v) is 7.89. The monoisotopic (exact) mass is 215 g/mol. The number of aliphatic hydroxyl groups is 1. The Kier molecular flexibility index (Phi) is 3.01. The maximum absolute atomic E-state index is 12.5. The molecule has 1 aromatic rings. The Labute approximate surface area is 84.6 Å². The van der Waals surface area contributed by atoms with E-state index in [4.69, 9.17) is 10.4 Å². The molecule has 1 rings (SSSR count). The standard InChI is InChI=1S/C10H8F3NO/c1-6-2-7(5-15)3-8(4-14)9(6)10(11,12)13/h2-3,15H,5H2,1H3. The Morgan fingerprint density at radius 1 is 1.40 bits per heavy atom. The lowest BCUT2D eigenvalue weighted by Crippen LogP contribution is -2.11. The Balaban J connectivity index is 3.47. The number of nitrogens with zero attached hydrogens (tertiary/aromatic N) is 1. The SMILES string of the molecule is Cc1cc(CO)cc(C#N)c1C(F)(F)F. The number of nitriles is 1. The highest BCUT2D eigenvalue weighted by molar-refractivity contribution is 5.46. The van der Waals surface area contributed by atoms with Crippen molar-refractivity contribution in [1.29, 1.82) is 5.26 Å². The van der Waals surface area contributed by atoms with E-state index in [0.29, 0.717) is 5.56 Å². The molecule has 0 unspecified atom stereocenters. The van der Waals surface area contributed by atoms with Gasteiger partial charge in [-0.2, -0.15) is 18.4 Å². The molecule has 0 saturated heterocycles. The number of hydrogen-bond donors (Lipinski definition) is 1. The van der Waals surface area contributed by atoms with Crippen LogP contribution in [0, 0.1) is 18.3 Å². The summed E-state index contributed by atoms with van der Waals surface area (Å²) in [4.78, 5) is 0. The van der Waals surface area contributed by atoms with E-state index in [0.717, 1.165) is 6.07 Å². The molecular weight excluding hydrogens is 207 g/mol. The fraction of sp³-hybridized carbons (Fsp3) is 0.300. The van der Waals surface area contributed by atoms with Crippen molar-refractivity contribution in [1.82, 2.24) is 0 Å². The summed E-state index contributed by atoms with van der Waals surface area (Å²) in [6.45, 7) is 0.885. The van der Waals surface area contributed by atoms with Crippen molar-refractivity contribution in [3.8, 4) is 6.07 Å². The molecule has 0 aliphatic rings. The van der Waals surface area contributed by atoms with Gasteiger partial charge in [0.15, 0.2) is 0 Å². The van der Waals surface area contributed by atoms with Gasteiger partial charge in [0.25, 0.3) is 0 Å². The first-order valence-corrected chi connectivity index (χ1v) is 4.12. The van der Waals surface area contributed by atoms with Gasteiger partial charge in [0, 0.05) is 0 Å².